The van der Waals surface area contributed by atoms with E-state index in [4.69, 9.17) is 4.74 Å². The van der Waals surface area contributed by atoms with Crippen molar-refractivity contribution >= 4 is 5.97 Å². The molecule has 0 radical (unpaired) electrons. The molecule has 0 aliphatic rings. The summed E-state index contributed by atoms with van der Waals surface area (Å²) in [6, 6.07) is -0.242. The lowest BCUT2D eigenvalue weighted by molar-refractivity contribution is -0.156. The van der Waals surface area contributed by atoms with Crippen molar-refractivity contribution in [3.8, 4) is 0 Å². The van der Waals surface area contributed by atoms with E-state index in [1.54, 1.807) is 0 Å². The van der Waals surface area contributed by atoms with E-state index in [1.165, 1.54) is 0 Å². The lowest BCUT2D eigenvalue weighted by atomic mass is 10.2. The molecule has 0 aliphatic carbocycles. The summed E-state index contributed by atoms with van der Waals surface area (Å²) >= 11 is 0. The van der Waals surface area contributed by atoms with Crippen LogP contribution in [0.3, 0.4) is 0 Å². The van der Waals surface area contributed by atoms with Crippen LogP contribution in [0.25, 0.3) is 0 Å². The summed E-state index contributed by atoms with van der Waals surface area (Å²) in [6.45, 7) is 11.9. The molecule has 1 atom stereocenters. The molecule has 0 rings (SSSR count). The Hall–Kier alpha value is -0.830. The molecule has 3 nitrogen and oxygen atoms in total. The summed E-state index contributed by atoms with van der Waals surface area (Å²) in [5, 5.41) is 3.12. The van der Waals surface area contributed by atoms with Crippen LogP contribution in [0.15, 0.2) is 12.7 Å². The van der Waals surface area contributed by atoms with Gasteiger partial charge in [-0.15, -0.1) is 6.58 Å². The zero-order valence-electron chi connectivity index (χ0n) is 10.3. The molecule has 0 heterocycles. The van der Waals surface area contributed by atoms with Crippen LogP contribution >= 0.6 is 0 Å². The van der Waals surface area contributed by atoms with Crippen molar-refractivity contribution in [2.45, 2.75) is 52.2 Å². The minimum Gasteiger partial charge on any atom is -0.459 e. The Kier molecular flexibility index (Phi) is 6.25. The van der Waals surface area contributed by atoms with Crippen molar-refractivity contribution in [2.24, 2.45) is 0 Å². The van der Waals surface area contributed by atoms with E-state index >= 15 is 0 Å². The Balaban J connectivity index is 3.74. The molecule has 1 N–H and O–H groups in total. The van der Waals surface area contributed by atoms with Gasteiger partial charge in [0.1, 0.15) is 11.6 Å². The fourth-order valence-electron chi connectivity index (χ4n) is 1.04. The number of carbonyl (C=O) groups is 1. The average molecular weight is 213 g/mol. The molecule has 0 aromatic heterocycles. The van der Waals surface area contributed by atoms with Crippen molar-refractivity contribution in [3.63, 3.8) is 0 Å². The second-order valence-corrected chi connectivity index (χ2v) is 4.64. The number of hydrogen-bond donors (Lipinski definition) is 1. The molecule has 0 aromatic rings. The quantitative estimate of drug-likeness (QED) is 0.418. The summed E-state index contributed by atoms with van der Waals surface area (Å²) in [5.41, 5.74) is -0.409. The Morgan fingerprint density at radius 1 is 1.53 bits per heavy atom. The summed E-state index contributed by atoms with van der Waals surface area (Å²) in [6.07, 6.45) is 3.84. The van der Waals surface area contributed by atoms with Gasteiger partial charge in [-0.3, -0.25) is 4.79 Å². The largest absolute Gasteiger partial charge is 0.459 e. The zero-order valence-corrected chi connectivity index (χ0v) is 10.3. The van der Waals surface area contributed by atoms with Crippen LogP contribution in [0, 0.1) is 0 Å². The first-order valence-corrected chi connectivity index (χ1v) is 5.44. The molecule has 3 heteroatoms. The predicted molar refractivity (Wildman–Crippen MR) is 62.7 cm³/mol. The van der Waals surface area contributed by atoms with Gasteiger partial charge < -0.3 is 10.1 Å². The summed E-state index contributed by atoms with van der Waals surface area (Å²) < 4.78 is 5.23. The minimum atomic E-state index is -0.409. The van der Waals surface area contributed by atoms with Gasteiger partial charge in [-0.25, -0.2) is 0 Å². The number of allylic oxidation sites excluding steroid dienone is 1. The van der Waals surface area contributed by atoms with Gasteiger partial charge in [0.15, 0.2) is 0 Å². The number of rotatable bonds is 6. The van der Waals surface area contributed by atoms with Crippen LogP contribution in [0.4, 0.5) is 0 Å². The molecule has 0 unspecified atom stereocenters. The van der Waals surface area contributed by atoms with E-state index in [0.29, 0.717) is 0 Å². The fraction of sp³-hybridized carbons (Fsp3) is 0.750. The smallest absolute Gasteiger partial charge is 0.323 e. The van der Waals surface area contributed by atoms with Crippen LogP contribution in [0.2, 0.25) is 0 Å². The lowest BCUT2D eigenvalue weighted by Gasteiger charge is -2.22. The third-order valence-corrected chi connectivity index (χ3v) is 1.80. The van der Waals surface area contributed by atoms with E-state index in [-0.39, 0.29) is 12.0 Å². The van der Waals surface area contributed by atoms with E-state index in [1.807, 2.05) is 33.8 Å². The Morgan fingerprint density at radius 2 is 2.13 bits per heavy atom. The predicted octanol–water partition coefficient (Wildman–Crippen LogP) is 2.27. The second-order valence-electron chi connectivity index (χ2n) is 4.64. The van der Waals surface area contributed by atoms with Gasteiger partial charge in [0.25, 0.3) is 0 Å². The van der Waals surface area contributed by atoms with Gasteiger partial charge in [-0.2, -0.15) is 0 Å². The van der Waals surface area contributed by atoms with Gasteiger partial charge in [-0.1, -0.05) is 6.08 Å². The highest BCUT2D eigenvalue weighted by atomic mass is 16.6. The van der Waals surface area contributed by atoms with Crippen LogP contribution in [0.5, 0.6) is 0 Å². The Bertz CT molecular complexity index is 206. The SMILES string of the molecule is C=CCCCN[C@H](C)C(=O)OC(C)(C)C. The third-order valence-electron chi connectivity index (χ3n) is 1.80. The van der Waals surface area contributed by atoms with Crippen LogP contribution in [-0.4, -0.2) is 24.2 Å². The van der Waals surface area contributed by atoms with Crippen LogP contribution < -0.4 is 5.32 Å². The normalized spacial score (nSPS) is 13.3. The zero-order chi connectivity index (χ0) is 11.9. The molecule has 0 saturated carbocycles. The molecule has 0 bridgehead atoms. The maximum atomic E-state index is 11.5. The third kappa shape index (κ3) is 8.18. The number of carbonyl (C=O) groups excluding carboxylic acids is 1. The highest BCUT2D eigenvalue weighted by Crippen LogP contribution is 2.08. The number of ether oxygens (including phenoxy) is 1. The molecule has 0 fully saturated rings. The maximum absolute atomic E-state index is 11.5. The van der Waals surface area contributed by atoms with Crippen molar-refractivity contribution in [3.05, 3.63) is 12.7 Å². The van der Waals surface area contributed by atoms with Crippen molar-refractivity contribution in [1.29, 1.82) is 0 Å². The Labute approximate surface area is 92.9 Å². The Morgan fingerprint density at radius 3 is 2.60 bits per heavy atom. The lowest BCUT2D eigenvalue weighted by Crippen LogP contribution is -2.39. The molecule has 0 saturated heterocycles. The van der Waals surface area contributed by atoms with E-state index < -0.39 is 5.60 Å². The van der Waals surface area contributed by atoms with E-state index in [0.717, 1.165) is 19.4 Å². The van der Waals surface area contributed by atoms with Crippen LogP contribution in [-0.2, 0) is 9.53 Å². The first-order chi connectivity index (χ1) is 6.87. The van der Waals surface area contributed by atoms with Gasteiger partial charge in [-0.05, 0) is 47.1 Å². The van der Waals surface area contributed by atoms with Crippen molar-refractivity contribution in [1.82, 2.24) is 5.32 Å². The standard InChI is InChI=1S/C12H23NO2/c1-6-7-8-9-13-10(2)11(14)15-12(3,4)5/h6,10,13H,1,7-9H2,2-5H3/t10-/m1/s1. The summed E-state index contributed by atoms with van der Waals surface area (Å²) in [5.74, 6) is -0.193. The average Bonchev–Trinajstić information content (AvgIpc) is 2.09. The molecule has 0 aliphatic heterocycles. The van der Waals surface area contributed by atoms with Crippen molar-refractivity contribution in [2.75, 3.05) is 6.54 Å². The number of hydrogen-bond acceptors (Lipinski definition) is 3. The van der Waals surface area contributed by atoms with Gasteiger partial charge >= 0.3 is 5.97 Å². The van der Waals surface area contributed by atoms with E-state index in [9.17, 15) is 4.79 Å². The molecular weight excluding hydrogens is 190 g/mol. The van der Waals surface area contributed by atoms with Gasteiger partial charge in [0, 0.05) is 0 Å². The topological polar surface area (TPSA) is 38.3 Å². The van der Waals surface area contributed by atoms with Gasteiger partial charge in [0.05, 0.1) is 0 Å². The molecule has 15 heavy (non-hydrogen) atoms. The summed E-state index contributed by atoms with van der Waals surface area (Å²) in [7, 11) is 0. The summed E-state index contributed by atoms with van der Waals surface area (Å²) in [4.78, 5) is 11.5. The number of nitrogens with one attached hydrogen (secondary N) is 1. The maximum Gasteiger partial charge on any atom is 0.323 e. The monoisotopic (exact) mass is 213 g/mol. The second kappa shape index (κ2) is 6.62. The first-order valence-electron chi connectivity index (χ1n) is 5.44. The molecule has 0 amide bonds. The minimum absolute atomic E-state index is 0.193. The molecule has 88 valence electrons. The molecule has 0 spiro atoms. The highest BCUT2D eigenvalue weighted by molar-refractivity contribution is 5.75. The number of unbranched alkanes of at least 4 members (excludes halogenated alkanes) is 1. The van der Waals surface area contributed by atoms with Crippen molar-refractivity contribution < 1.29 is 9.53 Å². The molecule has 0 aromatic carbocycles. The van der Waals surface area contributed by atoms with Crippen LogP contribution in [0.1, 0.15) is 40.5 Å². The highest BCUT2D eigenvalue weighted by Gasteiger charge is 2.20. The fourth-order valence-corrected chi connectivity index (χ4v) is 1.04. The first kappa shape index (κ1) is 14.2. The number of esters is 1. The molecular formula is C12H23NO2. The van der Waals surface area contributed by atoms with E-state index in [2.05, 4.69) is 11.9 Å². The van der Waals surface area contributed by atoms with Gasteiger partial charge in [0.2, 0.25) is 0 Å².